The van der Waals surface area contributed by atoms with Crippen LogP contribution in [0.5, 0.6) is 0 Å². The van der Waals surface area contributed by atoms with E-state index in [0.717, 1.165) is 25.3 Å². The Morgan fingerprint density at radius 2 is 2.57 bits per heavy atom. The number of rotatable bonds is 3. The van der Waals surface area contributed by atoms with Crippen LogP contribution < -0.4 is 0 Å². The van der Waals surface area contributed by atoms with Crippen LogP contribution in [0.25, 0.3) is 0 Å². The van der Waals surface area contributed by atoms with Crippen molar-refractivity contribution in [3.63, 3.8) is 0 Å². The molecule has 1 saturated heterocycles. The van der Waals surface area contributed by atoms with Gasteiger partial charge in [-0.25, -0.2) is 4.98 Å². The van der Waals surface area contributed by atoms with Crippen molar-refractivity contribution in [2.24, 2.45) is 0 Å². The third kappa shape index (κ3) is 2.32. The lowest BCUT2D eigenvalue weighted by Gasteiger charge is -2.19. The number of hydrogen-bond acceptors (Lipinski definition) is 4. The highest BCUT2D eigenvalue weighted by atomic mass is 32.1. The monoisotopic (exact) mass is 213 g/mol. The second-order valence-electron chi connectivity index (χ2n) is 3.56. The molecule has 0 saturated carbocycles. The fourth-order valence-corrected chi connectivity index (χ4v) is 2.65. The third-order valence-corrected chi connectivity index (χ3v) is 3.50. The number of hydrogen-bond donors (Lipinski definition) is 1. The first-order valence-corrected chi connectivity index (χ1v) is 5.91. The number of aliphatic hydroxyl groups is 1. The molecule has 1 aromatic heterocycles. The van der Waals surface area contributed by atoms with Gasteiger partial charge in [-0.15, -0.1) is 11.3 Å². The molecular formula is C10H15NO2S. The van der Waals surface area contributed by atoms with Crippen LogP contribution in [-0.2, 0) is 11.2 Å². The third-order valence-electron chi connectivity index (χ3n) is 2.45. The summed E-state index contributed by atoms with van der Waals surface area (Å²) in [5, 5.41) is 12.0. The van der Waals surface area contributed by atoms with Crippen LogP contribution in [0.3, 0.4) is 0 Å². The van der Waals surface area contributed by atoms with Crippen molar-refractivity contribution < 1.29 is 9.84 Å². The molecule has 4 heteroatoms. The molecule has 1 unspecified atom stereocenters. The summed E-state index contributed by atoms with van der Waals surface area (Å²) in [4.78, 5) is 4.50. The van der Waals surface area contributed by atoms with Crippen molar-refractivity contribution in [1.82, 2.24) is 4.98 Å². The lowest BCUT2D eigenvalue weighted by atomic mass is 10.0. The van der Waals surface area contributed by atoms with Crippen molar-refractivity contribution >= 4 is 11.3 Å². The van der Waals surface area contributed by atoms with Crippen LogP contribution in [0.1, 0.15) is 29.5 Å². The first-order valence-electron chi connectivity index (χ1n) is 5.03. The number of ether oxygens (including phenoxy) is 1. The molecule has 78 valence electrons. The maximum atomic E-state index is 8.78. The van der Waals surface area contributed by atoms with Crippen LogP contribution >= 0.6 is 11.3 Å². The molecule has 14 heavy (non-hydrogen) atoms. The molecule has 3 nitrogen and oxygen atoms in total. The highest BCUT2D eigenvalue weighted by Gasteiger charge is 2.18. The predicted molar refractivity (Wildman–Crippen MR) is 55.7 cm³/mol. The van der Waals surface area contributed by atoms with Crippen LogP contribution in [0.4, 0.5) is 0 Å². The Morgan fingerprint density at radius 3 is 3.29 bits per heavy atom. The van der Waals surface area contributed by atoms with Crippen molar-refractivity contribution in [2.45, 2.75) is 25.2 Å². The van der Waals surface area contributed by atoms with Gasteiger partial charge in [-0.2, -0.15) is 0 Å². The van der Waals surface area contributed by atoms with Gasteiger partial charge in [-0.05, 0) is 12.8 Å². The average Bonchev–Trinajstić information content (AvgIpc) is 2.68. The minimum Gasteiger partial charge on any atom is -0.396 e. The molecule has 0 aromatic carbocycles. The molecule has 1 fully saturated rings. The van der Waals surface area contributed by atoms with E-state index in [4.69, 9.17) is 9.84 Å². The Morgan fingerprint density at radius 1 is 1.64 bits per heavy atom. The average molecular weight is 213 g/mol. The fraction of sp³-hybridized carbons (Fsp3) is 0.700. The summed E-state index contributed by atoms with van der Waals surface area (Å²) in [6.45, 7) is 1.89. The van der Waals surface area contributed by atoms with E-state index in [2.05, 4.69) is 4.98 Å². The summed E-state index contributed by atoms with van der Waals surface area (Å²) in [5.41, 5.74) is 1.01. The van der Waals surface area contributed by atoms with Crippen LogP contribution in [0.2, 0.25) is 0 Å². The molecule has 1 N–H and O–H groups in total. The largest absolute Gasteiger partial charge is 0.396 e. The maximum absolute atomic E-state index is 8.78. The number of thiazole rings is 1. The second kappa shape index (κ2) is 4.87. The van der Waals surface area contributed by atoms with Gasteiger partial charge in [0.05, 0.1) is 17.3 Å². The van der Waals surface area contributed by atoms with Gasteiger partial charge in [0.1, 0.15) is 0 Å². The van der Waals surface area contributed by atoms with Gasteiger partial charge >= 0.3 is 0 Å². The van der Waals surface area contributed by atoms with E-state index in [1.54, 1.807) is 11.3 Å². The van der Waals surface area contributed by atoms with Gasteiger partial charge in [0, 0.05) is 30.9 Å². The van der Waals surface area contributed by atoms with Crippen molar-refractivity contribution in [3.8, 4) is 0 Å². The standard InChI is InChI=1S/C10H15NO2S/c12-4-3-9-7-14-10(11-9)8-2-1-5-13-6-8/h7-8,12H,1-6H2. The quantitative estimate of drug-likeness (QED) is 0.828. The normalized spacial score (nSPS) is 22.5. The van der Waals surface area contributed by atoms with Gasteiger partial charge in [0.15, 0.2) is 0 Å². The summed E-state index contributed by atoms with van der Waals surface area (Å²) in [7, 11) is 0. The Labute approximate surface area is 87.7 Å². The van der Waals surface area contributed by atoms with Gasteiger partial charge in [0.25, 0.3) is 0 Å². The predicted octanol–water partition coefficient (Wildman–Crippen LogP) is 1.57. The van der Waals surface area contributed by atoms with Crippen LogP contribution in [0.15, 0.2) is 5.38 Å². The van der Waals surface area contributed by atoms with E-state index in [1.807, 2.05) is 5.38 Å². The molecule has 1 aliphatic heterocycles. The summed E-state index contributed by atoms with van der Waals surface area (Å²) in [6.07, 6.45) is 3.00. The molecule has 1 aliphatic rings. The summed E-state index contributed by atoms with van der Waals surface area (Å²) in [6, 6.07) is 0. The van der Waals surface area contributed by atoms with Gasteiger partial charge in [-0.1, -0.05) is 0 Å². The highest BCUT2D eigenvalue weighted by molar-refractivity contribution is 7.09. The number of nitrogens with zero attached hydrogens (tertiary/aromatic N) is 1. The zero-order valence-electron chi connectivity index (χ0n) is 8.11. The minimum atomic E-state index is 0.185. The Kier molecular flexibility index (Phi) is 3.50. The molecule has 0 radical (unpaired) electrons. The number of aliphatic hydroxyl groups excluding tert-OH is 1. The van der Waals surface area contributed by atoms with E-state index < -0.39 is 0 Å². The first kappa shape index (κ1) is 10.1. The van der Waals surface area contributed by atoms with E-state index in [0.29, 0.717) is 12.3 Å². The number of aromatic nitrogens is 1. The minimum absolute atomic E-state index is 0.185. The van der Waals surface area contributed by atoms with Gasteiger partial charge in [-0.3, -0.25) is 0 Å². The van der Waals surface area contributed by atoms with E-state index >= 15 is 0 Å². The molecule has 1 atom stereocenters. The van der Waals surface area contributed by atoms with Gasteiger partial charge in [0.2, 0.25) is 0 Å². The molecule has 2 rings (SSSR count). The Bertz CT molecular complexity index is 281. The lowest BCUT2D eigenvalue weighted by Crippen LogP contribution is -2.15. The summed E-state index contributed by atoms with van der Waals surface area (Å²) >= 11 is 1.69. The Balaban J connectivity index is 2.00. The zero-order chi connectivity index (χ0) is 9.80. The van der Waals surface area contributed by atoms with Crippen LogP contribution in [0, 0.1) is 0 Å². The zero-order valence-corrected chi connectivity index (χ0v) is 8.92. The summed E-state index contributed by atoms with van der Waals surface area (Å²) < 4.78 is 5.42. The summed E-state index contributed by atoms with van der Waals surface area (Å²) in [5.74, 6) is 0.487. The second-order valence-corrected chi connectivity index (χ2v) is 4.45. The van der Waals surface area contributed by atoms with Crippen molar-refractivity contribution in [3.05, 3.63) is 16.1 Å². The van der Waals surface area contributed by atoms with E-state index in [-0.39, 0.29) is 6.61 Å². The maximum Gasteiger partial charge on any atom is 0.0982 e. The molecule has 0 bridgehead atoms. The Hall–Kier alpha value is -0.450. The van der Waals surface area contributed by atoms with Gasteiger partial charge < -0.3 is 9.84 Å². The topological polar surface area (TPSA) is 42.4 Å². The van der Waals surface area contributed by atoms with E-state index in [1.165, 1.54) is 11.4 Å². The molecule has 0 aliphatic carbocycles. The first-order chi connectivity index (χ1) is 6.90. The lowest BCUT2D eigenvalue weighted by molar-refractivity contribution is 0.0803. The molecule has 0 spiro atoms. The molecular weight excluding hydrogens is 198 g/mol. The SMILES string of the molecule is OCCc1csc(C2CCCOC2)n1. The molecule has 1 aromatic rings. The van der Waals surface area contributed by atoms with Crippen LogP contribution in [-0.4, -0.2) is 29.9 Å². The van der Waals surface area contributed by atoms with Crippen molar-refractivity contribution in [2.75, 3.05) is 19.8 Å². The smallest absolute Gasteiger partial charge is 0.0982 e. The molecule has 0 amide bonds. The highest BCUT2D eigenvalue weighted by Crippen LogP contribution is 2.27. The van der Waals surface area contributed by atoms with E-state index in [9.17, 15) is 0 Å². The van der Waals surface area contributed by atoms with Crippen molar-refractivity contribution in [1.29, 1.82) is 0 Å². The molecule has 2 heterocycles. The fourth-order valence-electron chi connectivity index (χ4n) is 1.68.